The molecule has 17 heavy (non-hydrogen) atoms. The van der Waals surface area contributed by atoms with E-state index in [4.69, 9.17) is 5.11 Å². The first-order valence-electron chi connectivity index (χ1n) is 5.64. The third-order valence-electron chi connectivity index (χ3n) is 2.69. The van der Waals surface area contributed by atoms with Gasteiger partial charge in [0.1, 0.15) is 5.92 Å². The van der Waals surface area contributed by atoms with E-state index in [9.17, 15) is 9.59 Å². The van der Waals surface area contributed by atoms with Crippen LogP contribution >= 0.6 is 0 Å². The number of hydrogen-bond acceptors (Lipinski definition) is 2. The molecule has 1 rings (SSSR count). The highest BCUT2D eigenvalue weighted by Gasteiger charge is 2.22. The minimum atomic E-state index is -1.11. The van der Waals surface area contributed by atoms with Crippen molar-refractivity contribution in [3.63, 3.8) is 0 Å². The maximum absolute atomic E-state index is 11.6. The molecule has 2 atom stereocenters. The predicted molar refractivity (Wildman–Crippen MR) is 64.4 cm³/mol. The Balaban J connectivity index is 2.71. The first kappa shape index (κ1) is 13.2. The van der Waals surface area contributed by atoms with Gasteiger partial charge in [-0.25, -0.2) is 0 Å². The molecule has 0 aliphatic carbocycles. The number of amides is 1. The van der Waals surface area contributed by atoms with Crippen molar-refractivity contribution in [1.29, 1.82) is 0 Å². The van der Waals surface area contributed by atoms with E-state index in [0.717, 1.165) is 12.0 Å². The van der Waals surface area contributed by atoms with E-state index in [1.54, 1.807) is 0 Å². The second-order valence-corrected chi connectivity index (χ2v) is 3.94. The van der Waals surface area contributed by atoms with Crippen molar-refractivity contribution in [2.75, 3.05) is 0 Å². The number of carboxylic acid groups (broad SMARTS) is 1. The van der Waals surface area contributed by atoms with Crippen molar-refractivity contribution in [2.24, 2.45) is 5.92 Å². The third kappa shape index (κ3) is 3.59. The molecule has 0 spiro atoms. The summed E-state index contributed by atoms with van der Waals surface area (Å²) in [6.07, 6.45) is 0.724. The molecule has 1 aromatic rings. The van der Waals surface area contributed by atoms with Crippen LogP contribution in [0.4, 0.5) is 0 Å². The van der Waals surface area contributed by atoms with Gasteiger partial charge >= 0.3 is 5.97 Å². The highest BCUT2D eigenvalue weighted by atomic mass is 16.4. The van der Waals surface area contributed by atoms with Crippen molar-refractivity contribution in [3.05, 3.63) is 35.9 Å². The lowest BCUT2D eigenvalue weighted by atomic mass is 10.0. The highest BCUT2D eigenvalue weighted by Crippen LogP contribution is 2.16. The number of hydrogen-bond donors (Lipinski definition) is 2. The lowest BCUT2D eigenvalue weighted by Gasteiger charge is -2.18. The molecule has 0 saturated carbocycles. The van der Waals surface area contributed by atoms with E-state index < -0.39 is 17.8 Å². The number of rotatable bonds is 5. The summed E-state index contributed by atoms with van der Waals surface area (Å²) in [5.74, 6) is -2.58. The predicted octanol–water partition coefficient (Wildman–Crippen LogP) is 1.97. The molecule has 0 fully saturated rings. The van der Waals surface area contributed by atoms with E-state index in [0.29, 0.717) is 0 Å². The Morgan fingerprint density at radius 2 is 1.88 bits per heavy atom. The van der Waals surface area contributed by atoms with Crippen molar-refractivity contribution < 1.29 is 14.7 Å². The third-order valence-corrected chi connectivity index (χ3v) is 2.69. The second kappa shape index (κ2) is 6.03. The Morgan fingerprint density at radius 1 is 1.29 bits per heavy atom. The van der Waals surface area contributed by atoms with Gasteiger partial charge in [0.2, 0.25) is 5.91 Å². The van der Waals surface area contributed by atoms with Crippen molar-refractivity contribution in [2.45, 2.75) is 26.3 Å². The molecular formula is C13H17NO3. The van der Waals surface area contributed by atoms with Gasteiger partial charge < -0.3 is 10.4 Å². The number of carboxylic acids is 1. The van der Waals surface area contributed by atoms with Crippen LogP contribution in [0.25, 0.3) is 0 Å². The Hall–Kier alpha value is -1.84. The van der Waals surface area contributed by atoms with Crippen LogP contribution < -0.4 is 5.32 Å². The maximum atomic E-state index is 11.6. The Bertz CT molecular complexity index is 389. The summed E-state index contributed by atoms with van der Waals surface area (Å²) >= 11 is 0. The molecule has 4 nitrogen and oxygen atoms in total. The van der Waals surface area contributed by atoms with Crippen LogP contribution in [0.2, 0.25) is 0 Å². The van der Waals surface area contributed by atoms with Crippen molar-refractivity contribution in [3.8, 4) is 0 Å². The van der Waals surface area contributed by atoms with Crippen molar-refractivity contribution in [1.82, 2.24) is 5.32 Å². The van der Waals surface area contributed by atoms with Crippen LogP contribution in [0, 0.1) is 5.92 Å². The summed E-state index contributed by atoms with van der Waals surface area (Å²) in [4.78, 5) is 22.3. The van der Waals surface area contributed by atoms with E-state index >= 15 is 0 Å². The zero-order valence-electron chi connectivity index (χ0n) is 10.0. The van der Waals surface area contributed by atoms with Gasteiger partial charge in [-0.15, -0.1) is 0 Å². The smallest absolute Gasteiger partial charge is 0.315 e. The van der Waals surface area contributed by atoms with E-state index in [1.165, 1.54) is 6.92 Å². The van der Waals surface area contributed by atoms with Gasteiger partial charge in [-0.1, -0.05) is 37.3 Å². The van der Waals surface area contributed by atoms with Crippen LogP contribution in [0.15, 0.2) is 30.3 Å². The average Bonchev–Trinajstić information content (AvgIpc) is 2.35. The Kier molecular flexibility index (Phi) is 4.69. The fourth-order valence-electron chi connectivity index (χ4n) is 1.52. The van der Waals surface area contributed by atoms with Crippen molar-refractivity contribution >= 4 is 11.9 Å². The summed E-state index contributed by atoms with van der Waals surface area (Å²) in [7, 11) is 0. The Morgan fingerprint density at radius 3 is 2.35 bits per heavy atom. The largest absolute Gasteiger partial charge is 0.481 e. The monoisotopic (exact) mass is 235 g/mol. The quantitative estimate of drug-likeness (QED) is 0.767. The SMILES string of the molecule is CC[C@H](NC(=O)[C@@H](C)C(=O)O)c1ccccc1. The van der Waals surface area contributed by atoms with Gasteiger partial charge in [-0.3, -0.25) is 9.59 Å². The molecule has 0 radical (unpaired) electrons. The van der Waals surface area contributed by atoms with E-state index in [1.807, 2.05) is 37.3 Å². The minimum Gasteiger partial charge on any atom is -0.481 e. The van der Waals surface area contributed by atoms with Gasteiger partial charge in [-0.05, 0) is 18.9 Å². The van der Waals surface area contributed by atoms with Gasteiger partial charge in [0.15, 0.2) is 0 Å². The van der Waals surface area contributed by atoms with Gasteiger partial charge in [-0.2, -0.15) is 0 Å². The summed E-state index contributed by atoms with van der Waals surface area (Å²) in [6.45, 7) is 3.33. The van der Waals surface area contributed by atoms with Crippen LogP contribution in [0.5, 0.6) is 0 Å². The lowest BCUT2D eigenvalue weighted by Crippen LogP contribution is -2.36. The average molecular weight is 235 g/mol. The zero-order chi connectivity index (χ0) is 12.8. The number of benzene rings is 1. The summed E-state index contributed by atoms with van der Waals surface area (Å²) < 4.78 is 0. The number of carbonyl (C=O) groups excluding carboxylic acids is 1. The maximum Gasteiger partial charge on any atom is 0.315 e. The molecule has 1 amide bonds. The fraction of sp³-hybridized carbons (Fsp3) is 0.385. The molecule has 4 heteroatoms. The van der Waals surface area contributed by atoms with E-state index in [2.05, 4.69) is 5.32 Å². The molecule has 0 heterocycles. The first-order valence-corrected chi connectivity index (χ1v) is 5.64. The topological polar surface area (TPSA) is 66.4 Å². The summed E-state index contributed by atoms with van der Waals surface area (Å²) in [5, 5.41) is 11.5. The molecule has 0 bridgehead atoms. The normalized spacial score (nSPS) is 13.8. The number of carbonyl (C=O) groups is 2. The zero-order valence-corrected chi connectivity index (χ0v) is 10.0. The molecular weight excluding hydrogens is 218 g/mol. The molecule has 0 aromatic heterocycles. The highest BCUT2D eigenvalue weighted by molar-refractivity contribution is 5.96. The molecule has 0 aliphatic heterocycles. The summed E-state index contributed by atoms with van der Waals surface area (Å²) in [5.41, 5.74) is 0.987. The van der Waals surface area contributed by atoms with Gasteiger partial charge in [0.05, 0.1) is 6.04 Å². The van der Waals surface area contributed by atoms with Crippen LogP contribution in [-0.4, -0.2) is 17.0 Å². The van der Waals surface area contributed by atoms with Gasteiger partial charge in [0, 0.05) is 0 Å². The van der Waals surface area contributed by atoms with Crippen LogP contribution in [0.3, 0.4) is 0 Å². The lowest BCUT2D eigenvalue weighted by molar-refractivity contribution is -0.146. The fourth-order valence-corrected chi connectivity index (χ4v) is 1.52. The standard InChI is InChI=1S/C13H17NO3/c1-3-11(10-7-5-4-6-8-10)14-12(15)9(2)13(16)17/h4-9,11H,3H2,1-2H3,(H,14,15)(H,16,17)/t9-,11+/m1/s1. The van der Waals surface area contributed by atoms with Crippen LogP contribution in [0.1, 0.15) is 31.9 Å². The number of aliphatic carboxylic acids is 1. The second-order valence-electron chi connectivity index (χ2n) is 3.94. The molecule has 1 aromatic carbocycles. The van der Waals surface area contributed by atoms with Crippen LogP contribution in [-0.2, 0) is 9.59 Å². The molecule has 92 valence electrons. The number of nitrogens with one attached hydrogen (secondary N) is 1. The molecule has 0 aliphatic rings. The first-order chi connectivity index (χ1) is 8.06. The summed E-state index contributed by atoms with van der Waals surface area (Å²) in [6, 6.07) is 9.39. The minimum absolute atomic E-state index is 0.134. The van der Waals surface area contributed by atoms with Gasteiger partial charge in [0.25, 0.3) is 0 Å². The van der Waals surface area contributed by atoms with E-state index in [-0.39, 0.29) is 6.04 Å². The molecule has 0 saturated heterocycles. The Labute approximate surface area is 101 Å². The molecule has 2 N–H and O–H groups in total. The molecule has 0 unspecified atom stereocenters.